The minimum atomic E-state index is -0.936. The van der Waals surface area contributed by atoms with E-state index < -0.39 is 12.0 Å². The quantitative estimate of drug-likeness (QED) is 0.662. The van der Waals surface area contributed by atoms with E-state index in [0.717, 1.165) is 32.1 Å². The average Bonchev–Trinajstić information content (AvgIpc) is 2.35. The predicted octanol–water partition coefficient (Wildman–Crippen LogP) is 0.731. The van der Waals surface area contributed by atoms with Gasteiger partial charge in [-0.05, 0) is 18.8 Å². The lowest BCUT2D eigenvalue weighted by Crippen LogP contribution is -2.49. The van der Waals surface area contributed by atoms with Crippen molar-refractivity contribution in [3.63, 3.8) is 0 Å². The van der Waals surface area contributed by atoms with Gasteiger partial charge in [-0.25, -0.2) is 4.79 Å². The molecule has 0 spiro atoms. The second-order valence-corrected chi connectivity index (χ2v) is 4.86. The highest BCUT2D eigenvalue weighted by Crippen LogP contribution is 2.26. The molecule has 98 valence electrons. The number of hydrogen-bond acceptors (Lipinski definition) is 3. The molecule has 0 heterocycles. The first-order chi connectivity index (χ1) is 8.06. The van der Waals surface area contributed by atoms with Crippen LogP contribution in [0.2, 0.25) is 0 Å². The van der Waals surface area contributed by atoms with Crippen LogP contribution in [0.5, 0.6) is 0 Å². The lowest BCUT2D eigenvalue weighted by Gasteiger charge is -2.28. The number of hydrogen-bond donors (Lipinski definition) is 3. The van der Waals surface area contributed by atoms with Crippen LogP contribution in [-0.4, -0.2) is 29.6 Å². The van der Waals surface area contributed by atoms with Crippen LogP contribution in [0.4, 0.5) is 0 Å². The molecule has 1 aliphatic rings. The monoisotopic (exact) mass is 242 g/mol. The van der Waals surface area contributed by atoms with Crippen molar-refractivity contribution in [1.29, 1.82) is 0 Å². The normalized spacial score (nSPS) is 20.6. The molecule has 1 amide bonds. The zero-order chi connectivity index (χ0) is 12.8. The summed E-state index contributed by atoms with van der Waals surface area (Å²) in [7, 11) is 0. The Kier molecular flexibility index (Phi) is 5.41. The Bertz CT molecular complexity index is 275. The van der Waals surface area contributed by atoms with Crippen molar-refractivity contribution < 1.29 is 14.7 Å². The maximum absolute atomic E-state index is 11.7. The Morgan fingerprint density at radius 2 is 1.94 bits per heavy atom. The molecule has 0 aromatic heterocycles. The van der Waals surface area contributed by atoms with Crippen molar-refractivity contribution in [1.82, 2.24) is 5.32 Å². The van der Waals surface area contributed by atoms with Crippen molar-refractivity contribution in [3.8, 4) is 0 Å². The third-order valence-corrected chi connectivity index (χ3v) is 3.49. The van der Waals surface area contributed by atoms with Gasteiger partial charge in [0.1, 0.15) is 6.04 Å². The van der Waals surface area contributed by atoms with E-state index in [1.807, 2.05) is 0 Å². The largest absolute Gasteiger partial charge is 0.480 e. The van der Waals surface area contributed by atoms with Crippen molar-refractivity contribution >= 4 is 11.9 Å². The first kappa shape index (κ1) is 14.0. The van der Waals surface area contributed by atoms with Crippen LogP contribution in [-0.2, 0) is 9.59 Å². The predicted molar refractivity (Wildman–Crippen MR) is 64.4 cm³/mol. The number of carboxylic acids is 1. The molecular formula is C12H22N2O3. The second-order valence-electron chi connectivity index (χ2n) is 4.86. The Hall–Kier alpha value is -1.10. The van der Waals surface area contributed by atoms with E-state index in [0.29, 0.717) is 0 Å². The molecular weight excluding hydrogens is 220 g/mol. The van der Waals surface area contributed by atoms with Gasteiger partial charge in [0.2, 0.25) is 5.91 Å². The number of nitrogens with one attached hydrogen (secondary N) is 1. The fraction of sp³-hybridized carbons (Fsp3) is 0.833. The molecule has 0 aromatic carbocycles. The number of rotatable bonds is 5. The molecule has 1 aliphatic carbocycles. The Labute approximate surface area is 102 Å². The van der Waals surface area contributed by atoms with E-state index in [9.17, 15) is 14.7 Å². The lowest BCUT2D eigenvalue weighted by molar-refractivity contribution is -0.144. The van der Waals surface area contributed by atoms with Crippen LogP contribution in [0.1, 0.15) is 39.0 Å². The number of carbonyl (C=O) groups is 2. The molecule has 5 nitrogen and oxygen atoms in total. The minimum Gasteiger partial charge on any atom is -0.480 e. The zero-order valence-electron chi connectivity index (χ0n) is 10.3. The van der Waals surface area contributed by atoms with E-state index >= 15 is 0 Å². The number of aliphatic carboxylic acids is 1. The van der Waals surface area contributed by atoms with Crippen molar-refractivity contribution in [2.24, 2.45) is 17.6 Å². The van der Waals surface area contributed by atoms with E-state index in [1.165, 1.54) is 0 Å². The standard InChI is InChI=1S/C12H22N2O3/c1-8(7-13)11(15)14-10(12(16)17)9-5-3-2-4-6-9/h8-10H,2-7,13H2,1H3,(H,14,15)(H,16,17). The number of amides is 1. The summed E-state index contributed by atoms with van der Waals surface area (Å²) < 4.78 is 0. The summed E-state index contributed by atoms with van der Waals surface area (Å²) in [6.07, 6.45) is 5.03. The van der Waals surface area contributed by atoms with E-state index in [4.69, 9.17) is 5.73 Å². The molecule has 0 bridgehead atoms. The van der Waals surface area contributed by atoms with Gasteiger partial charge >= 0.3 is 5.97 Å². The second kappa shape index (κ2) is 6.59. The smallest absolute Gasteiger partial charge is 0.326 e. The topological polar surface area (TPSA) is 92.4 Å². The molecule has 1 fully saturated rings. The summed E-state index contributed by atoms with van der Waals surface area (Å²) in [6.45, 7) is 1.94. The molecule has 17 heavy (non-hydrogen) atoms. The molecule has 0 aliphatic heterocycles. The summed E-state index contributed by atoms with van der Waals surface area (Å²) in [4.78, 5) is 22.9. The highest BCUT2D eigenvalue weighted by atomic mass is 16.4. The van der Waals surface area contributed by atoms with Crippen LogP contribution < -0.4 is 11.1 Å². The van der Waals surface area contributed by atoms with E-state index in [1.54, 1.807) is 6.92 Å². The highest BCUT2D eigenvalue weighted by Gasteiger charge is 2.31. The maximum Gasteiger partial charge on any atom is 0.326 e. The van der Waals surface area contributed by atoms with Crippen LogP contribution in [0.15, 0.2) is 0 Å². The minimum absolute atomic E-state index is 0.0650. The van der Waals surface area contributed by atoms with Crippen molar-refractivity contribution in [2.45, 2.75) is 45.1 Å². The van der Waals surface area contributed by atoms with E-state index in [2.05, 4.69) is 5.32 Å². The molecule has 0 radical (unpaired) electrons. The van der Waals surface area contributed by atoms with Crippen LogP contribution >= 0.6 is 0 Å². The van der Waals surface area contributed by atoms with Gasteiger partial charge in [0.05, 0.1) is 0 Å². The third kappa shape index (κ3) is 4.00. The van der Waals surface area contributed by atoms with Crippen molar-refractivity contribution in [2.75, 3.05) is 6.54 Å². The Balaban J connectivity index is 2.59. The molecule has 1 rings (SSSR count). The Morgan fingerprint density at radius 1 is 1.35 bits per heavy atom. The average molecular weight is 242 g/mol. The van der Waals surface area contributed by atoms with Crippen molar-refractivity contribution in [3.05, 3.63) is 0 Å². The summed E-state index contributed by atoms with van der Waals surface area (Å²) in [5, 5.41) is 11.8. The van der Waals surface area contributed by atoms with Gasteiger partial charge in [0.25, 0.3) is 0 Å². The van der Waals surface area contributed by atoms with Gasteiger partial charge in [-0.3, -0.25) is 4.79 Å². The van der Waals surface area contributed by atoms with Crippen LogP contribution in [0.25, 0.3) is 0 Å². The fourth-order valence-electron chi connectivity index (χ4n) is 2.25. The van der Waals surface area contributed by atoms with Gasteiger partial charge in [-0.2, -0.15) is 0 Å². The molecule has 4 N–H and O–H groups in total. The molecule has 2 unspecified atom stereocenters. The molecule has 2 atom stereocenters. The summed E-state index contributed by atoms with van der Waals surface area (Å²) >= 11 is 0. The summed E-state index contributed by atoms with van der Waals surface area (Å²) in [5.41, 5.74) is 5.39. The van der Waals surface area contributed by atoms with Gasteiger partial charge in [-0.15, -0.1) is 0 Å². The maximum atomic E-state index is 11.7. The van der Waals surface area contributed by atoms with Gasteiger partial charge < -0.3 is 16.2 Å². The summed E-state index contributed by atoms with van der Waals surface area (Å²) in [6, 6.07) is -0.753. The number of carboxylic acid groups (broad SMARTS) is 1. The van der Waals surface area contributed by atoms with Crippen LogP contribution in [0.3, 0.4) is 0 Å². The molecule has 0 saturated heterocycles. The fourth-order valence-corrected chi connectivity index (χ4v) is 2.25. The lowest BCUT2D eigenvalue weighted by atomic mass is 9.83. The first-order valence-electron chi connectivity index (χ1n) is 6.29. The zero-order valence-corrected chi connectivity index (χ0v) is 10.3. The number of carbonyl (C=O) groups excluding carboxylic acids is 1. The van der Waals surface area contributed by atoms with Gasteiger partial charge in [-0.1, -0.05) is 26.2 Å². The first-order valence-corrected chi connectivity index (χ1v) is 6.29. The molecule has 5 heteroatoms. The van der Waals surface area contributed by atoms with Crippen LogP contribution in [0, 0.1) is 11.8 Å². The molecule has 1 saturated carbocycles. The summed E-state index contributed by atoms with van der Waals surface area (Å²) in [5.74, 6) is -1.46. The van der Waals surface area contributed by atoms with E-state index in [-0.39, 0.29) is 24.3 Å². The molecule has 0 aromatic rings. The number of nitrogens with two attached hydrogens (primary N) is 1. The third-order valence-electron chi connectivity index (χ3n) is 3.49. The SMILES string of the molecule is CC(CN)C(=O)NC(C(=O)O)C1CCCCC1. The Morgan fingerprint density at radius 3 is 2.41 bits per heavy atom. The van der Waals surface area contributed by atoms with Gasteiger partial charge in [0.15, 0.2) is 0 Å². The highest BCUT2D eigenvalue weighted by molar-refractivity contribution is 5.85. The van der Waals surface area contributed by atoms with Gasteiger partial charge in [0, 0.05) is 12.5 Å².